The Morgan fingerprint density at radius 2 is 1.71 bits per heavy atom. The van der Waals surface area contributed by atoms with Gasteiger partial charge in [-0.1, -0.05) is 12.1 Å². The topological polar surface area (TPSA) is 45.5 Å². The van der Waals surface area contributed by atoms with Gasteiger partial charge in [0.25, 0.3) is 0 Å². The second kappa shape index (κ2) is 10.6. The minimum atomic E-state index is 0. The van der Waals surface area contributed by atoms with Crippen LogP contribution < -0.4 is 14.2 Å². The first-order valence-electron chi connectivity index (χ1n) is 9.12. The fourth-order valence-corrected chi connectivity index (χ4v) is 3.02. The van der Waals surface area contributed by atoms with Gasteiger partial charge in [-0.3, -0.25) is 0 Å². The highest BCUT2D eigenvalue weighted by Gasteiger charge is 2.14. The lowest BCUT2D eigenvalue weighted by Gasteiger charge is -2.19. The van der Waals surface area contributed by atoms with Crippen molar-refractivity contribution in [2.45, 2.75) is 25.8 Å². The van der Waals surface area contributed by atoms with E-state index in [1.54, 1.807) is 20.4 Å². The minimum absolute atomic E-state index is 0. The minimum Gasteiger partial charge on any atom is -0.497 e. The number of rotatable bonds is 9. The summed E-state index contributed by atoms with van der Waals surface area (Å²) in [4.78, 5) is 4.14. The zero-order chi connectivity index (χ0) is 19.1. The van der Waals surface area contributed by atoms with Crippen molar-refractivity contribution in [1.82, 2.24) is 9.55 Å². The summed E-state index contributed by atoms with van der Waals surface area (Å²) in [6, 6.07) is 14.3. The van der Waals surface area contributed by atoms with E-state index in [0.29, 0.717) is 6.61 Å². The SMILES string of the molecule is COc1ccc(CCCOc2cc(OC)ccc2C(C)n2ccnc2)cc1.Cl. The van der Waals surface area contributed by atoms with E-state index in [1.165, 1.54) is 5.56 Å². The molecule has 1 unspecified atom stereocenters. The van der Waals surface area contributed by atoms with E-state index < -0.39 is 0 Å². The van der Waals surface area contributed by atoms with Crippen molar-refractivity contribution >= 4 is 12.4 Å². The standard InChI is InChI=1S/C22H26N2O3.ClH/c1-17(24-13-12-23-16-24)21-11-10-20(26-3)15-22(21)27-14-4-5-18-6-8-19(25-2)9-7-18;/h6-13,15-17H,4-5,14H2,1-3H3;1H. The number of imidazole rings is 1. The summed E-state index contributed by atoms with van der Waals surface area (Å²) in [6.45, 7) is 2.77. The predicted molar refractivity (Wildman–Crippen MR) is 113 cm³/mol. The van der Waals surface area contributed by atoms with Crippen LogP contribution in [-0.4, -0.2) is 30.4 Å². The summed E-state index contributed by atoms with van der Waals surface area (Å²) in [5, 5.41) is 0. The van der Waals surface area contributed by atoms with E-state index in [1.807, 2.05) is 36.8 Å². The zero-order valence-corrected chi connectivity index (χ0v) is 17.3. The smallest absolute Gasteiger partial charge is 0.128 e. The molecule has 3 rings (SSSR count). The molecule has 0 amide bonds. The predicted octanol–water partition coefficient (Wildman–Crippen LogP) is 4.94. The lowest BCUT2D eigenvalue weighted by molar-refractivity contribution is 0.302. The fourth-order valence-electron chi connectivity index (χ4n) is 3.02. The number of aromatic nitrogens is 2. The summed E-state index contributed by atoms with van der Waals surface area (Å²) < 4.78 is 18.8. The van der Waals surface area contributed by atoms with Crippen LogP contribution in [0, 0.1) is 0 Å². The van der Waals surface area contributed by atoms with E-state index in [2.05, 4.69) is 34.7 Å². The maximum atomic E-state index is 6.13. The van der Waals surface area contributed by atoms with E-state index in [-0.39, 0.29) is 18.4 Å². The maximum absolute atomic E-state index is 6.13. The summed E-state index contributed by atoms with van der Waals surface area (Å²) in [5.74, 6) is 2.52. The Kier molecular flexibility index (Phi) is 8.20. The Labute approximate surface area is 172 Å². The molecule has 0 fully saturated rings. The average Bonchev–Trinajstić information content (AvgIpc) is 3.26. The van der Waals surface area contributed by atoms with Crippen LogP contribution in [-0.2, 0) is 6.42 Å². The number of halogens is 1. The van der Waals surface area contributed by atoms with Gasteiger partial charge in [0.15, 0.2) is 0 Å². The van der Waals surface area contributed by atoms with Gasteiger partial charge in [0.2, 0.25) is 0 Å². The van der Waals surface area contributed by atoms with E-state index in [4.69, 9.17) is 14.2 Å². The molecular formula is C22H27ClN2O3. The highest BCUT2D eigenvalue weighted by Crippen LogP contribution is 2.31. The van der Waals surface area contributed by atoms with Crippen molar-refractivity contribution in [2.24, 2.45) is 0 Å². The molecule has 0 radical (unpaired) electrons. The molecule has 0 N–H and O–H groups in total. The molecular weight excluding hydrogens is 376 g/mol. The molecule has 2 aromatic carbocycles. The monoisotopic (exact) mass is 402 g/mol. The fraction of sp³-hybridized carbons (Fsp3) is 0.318. The Hall–Kier alpha value is -2.66. The molecule has 0 bridgehead atoms. The Bertz CT molecular complexity index is 835. The van der Waals surface area contributed by atoms with Crippen LogP contribution >= 0.6 is 12.4 Å². The first-order valence-corrected chi connectivity index (χ1v) is 9.12. The maximum Gasteiger partial charge on any atom is 0.128 e. The molecule has 1 atom stereocenters. The summed E-state index contributed by atoms with van der Waals surface area (Å²) in [5.41, 5.74) is 2.38. The lowest BCUT2D eigenvalue weighted by atomic mass is 10.1. The molecule has 150 valence electrons. The third-order valence-electron chi connectivity index (χ3n) is 4.67. The summed E-state index contributed by atoms with van der Waals surface area (Å²) in [6.07, 6.45) is 7.46. The number of hydrogen-bond donors (Lipinski definition) is 0. The highest BCUT2D eigenvalue weighted by molar-refractivity contribution is 5.85. The first kappa shape index (κ1) is 21.6. The van der Waals surface area contributed by atoms with Gasteiger partial charge in [-0.15, -0.1) is 12.4 Å². The molecule has 6 heteroatoms. The van der Waals surface area contributed by atoms with Crippen LogP contribution in [0.2, 0.25) is 0 Å². The first-order chi connectivity index (χ1) is 13.2. The van der Waals surface area contributed by atoms with Gasteiger partial charge in [0, 0.05) is 24.0 Å². The van der Waals surface area contributed by atoms with Crippen molar-refractivity contribution in [3.05, 3.63) is 72.3 Å². The lowest BCUT2D eigenvalue weighted by Crippen LogP contribution is -2.08. The molecule has 0 spiro atoms. The van der Waals surface area contributed by atoms with Crippen molar-refractivity contribution in [3.63, 3.8) is 0 Å². The Morgan fingerprint density at radius 1 is 1.00 bits per heavy atom. The zero-order valence-electron chi connectivity index (χ0n) is 16.5. The van der Waals surface area contributed by atoms with Crippen LogP contribution in [0.5, 0.6) is 17.2 Å². The second-order valence-electron chi connectivity index (χ2n) is 6.39. The van der Waals surface area contributed by atoms with Crippen LogP contribution in [0.1, 0.15) is 30.5 Å². The van der Waals surface area contributed by atoms with Crippen LogP contribution in [0.3, 0.4) is 0 Å². The van der Waals surface area contributed by atoms with Crippen molar-refractivity contribution < 1.29 is 14.2 Å². The molecule has 0 aliphatic rings. The number of methoxy groups -OCH3 is 2. The third-order valence-corrected chi connectivity index (χ3v) is 4.67. The van der Waals surface area contributed by atoms with E-state index in [0.717, 1.165) is 35.7 Å². The van der Waals surface area contributed by atoms with E-state index >= 15 is 0 Å². The molecule has 1 aromatic heterocycles. The number of nitrogens with zero attached hydrogens (tertiary/aromatic N) is 2. The van der Waals surface area contributed by atoms with Gasteiger partial charge in [-0.05, 0) is 49.6 Å². The third kappa shape index (κ3) is 5.42. The number of benzene rings is 2. The molecule has 0 aliphatic heterocycles. The van der Waals surface area contributed by atoms with Gasteiger partial charge in [0.05, 0.1) is 33.2 Å². The molecule has 5 nitrogen and oxygen atoms in total. The largest absolute Gasteiger partial charge is 0.497 e. The molecule has 1 heterocycles. The number of aryl methyl sites for hydroxylation is 1. The Balaban J connectivity index is 0.00000280. The summed E-state index contributed by atoms with van der Waals surface area (Å²) >= 11 is 0. The molecule has 0 saturated heterocycles. The van der Waals surface area contributed by atoms with Gasteiger partial charge >= 0.3 is 0 Å². The number of hydrogen-bond acceptors (Lipinski definition) is 4. The highest BCUT2D eigenvalue weighted by atomic mass is 35.5. The van der Waals surface area contributed by atoms with Crippen molar-refractivity contribution in [3.8, 4) is 17.2 Å². The van der Waals surface area contributed by atoms with E-state index in [9.17, 15) is 0 Å². The van der Waals surface area contributed by atoms with Gasteiger partial charge in [-0.25, -0.2) is 4.98 Å². The van der Waals surface area contributed by atoms with Crippen LogP contribution in [0.25, 0.3) is 0 Å². The van der Waals surface area contributed by atoms with Gasteiger partial charge in [-0.2, -0.15) is 0 Å². The second-order valence-corrected chi connectivity index (χ2v) is 6.39. The van der Waals surface area contributed by atoms with Crippen LogP contribution in [0.15, 0.2) is 61.2 Å². The Morgan fingerprint density at radius 3 is 2.36 bits per heavy atom. The quantitative estimate of drug-likeness (QED) is 0.475. The molecule has 28 heavy (non-hydrogen) atoms. The molecule has 0 aliphatic carbocycles. The summed E-state index contributed by atoms with van der Waals surface area (Å²) in [7, 11) is 3.35. The van der Waals surface area contributed by atoms with Gasteiger partial charge < -0.3 is 18.8 Å². The van der Waals surface area contributed by atoms with Crippen molar-refractivity contribution in [1.29, 1.82) is 0 Å². The van der Waals surface area contributed by atoms with Crippen LogP contribution in [0.4, 0.5) is 0 Å². The molecule has 0 saturated carbocycles. The average molecular weight is 403 g/mol. The molecule has 3 aromatic rings. The van der Waals surface area contributed by atoms with Gasteiger partial charge in [0.1, 0.15) is 17.2 Å². The van der Waals surface area contributed by atoms with Crippen molar-refractivity contribution in [2.75, 3.05) is 20.8 Å². The normalized spacial score (nSPS) is 11.4. The number of ether oxygens (including phenoxy) is 3.